The molecule has 3 amide bonds. The first-order valence-electron chi connectivity index (χ1n) is 9.56. The maximum absolute atomic E-state index is 12.0. The van der Waals surface area contributed by atoms with Crippen molar-refractivity contribution in [1.29, 1.82) is 0 Å². The normalized spacial score (nSPS) is 11.7. The van der Waals surface area contributed by atoms with Gasteiger partial charge in [0, 0.05) is 6.04 Å². The number of hydrogen-bond donors (Lipinski definition) is 3. The summed E-state index contributed by atoms with van der Waals surface area (Å²) in [5, 5.41) is 9.14. The van der Waals surface area contributed by atoms with Gasteiger partial charge in [-0.15, -0.1) is 0 Å². The zero-order valence-electron chi connectivity index (χ0n) is 17.2. The fourth-order valence-electron chi connectivity index (χ4n) is 2.47. The first-order chi connectivity index (χ1) is 14.3. The minimum absolute atomic E-state index is 0.0542. The van der Waals surface area contributed by atoms with E-state index in [1.807, 2.05) is 44.2 Å². The van der Waals surface area contributed by atoms with Crippen molar-refractivity contribution in [3.05, 3.63) is 65.7 Å². The van der Waals surface area contributed by atoms with Crippen molar-refractivity contribution in [3.8, 4) is 5.75 Å². The zero-order valence-corrected chi connectivity index (χ0v) is 17.2. The number of hydrazone groups is 1. The van der Waals surface area contributed by atoms with Crippen LogP contribution < -0.4 is 20.8 Å². The standard InChI is InChI=1S/C22H26N4O4/c1-15(2)24-20(27)14-30-19-11-9-17(10-12-19)13-23-26-22(29)21(28)25-16(3)18-7-5-4-6-8-18/h4-13,15-16H,14H2,1-3H3,(H,24,27)(H,25,28)(H,26,29)/b23-13-/t16-/m1/s1. The Labute approximate surface area is 175 Å². The first kappa shape index (κ1) is 22.6. The molecule has 1 atom stereocenters. The maximum atomic E-state index is 12.0. The van der Waals surface area contributed by atoms with Crippen LogP contribution in [0.15, 0.2) is 59.7 Å². The van der Waals surface area contributed by atoms with E-state index >= 15 is 0 Å². The summed E-state index contributed by atoms with van der Waals surface area (Å²) in [7, 11) is 0. The van der Waals surface area contributed by atoms with Crippen molar-refractivity contribution in [3.63, 3.8) is 0 Å². The van der Waals surface area contributed by atoms with E-state index in [0.29, 0.717) is 11.3 Å². The summed E-state index contributed by atoms with van der Waals surface area (Å²) in [5.74, 6) is -1.29. The van der Waals surface area contributed by atoms with Gasteiger partial charge in [0.2, 0.25) is 0 Å². The van der Waals surface area contributed by atoms with Crippen molar-refractivity contribution in [2.75, 3.05) is 6.61 Å². The molecule has 0 fully saturated rings. The molecule has 8 nitrogen and oxygen atoms in total. The highest BCUT2D eigenvalue weighted by Crippen LogP contribution is 2.11. The molecule has 2 aromatic rings. The Kier molecular flexibility index (Phi) is 8.56. The molecule has 0 aliphatic heterocycles. The third-order valence-electron chi connectivity index (χ3n) is 3.93. The Morgan fingerprint density at radius 1 is 0.933 bits per heavy atom. The van der Waals surface area contributed by atoms with Crippen LogP contribution in [-0.4, -0.2) is 36.6 Å². The van der Waals surface area contributed by atoms with E-state index in [-0.39, 0.29) is 24.6 Å². The second-order valence-corrected chi connectivity index (χ2v) is 6.88. The van der Waals surface area contributed by atoms with Gasteiger partial charge in [-0.2, -0.15) is 5.10 Å². The lowest BCUT2D eigenvalue weighted by atomic mass is 10.1. The highest BCUT2D eigenvalue weighted by molar-refractivity contribution is 6.35. The molecule has 0 saturated carbocycles. The molecule has 0 radical (unpaired) electrons. The van der Waals surface area contributed by atoms with E-state index in [9.17, 15) is 14.4 Å². The predicted octanol–water partition coefficient (Wildman–Crippen LogP) is 1.92. The molecule has 0 bridgehead atoms. The fourth-order valence-corrected chi connectivity index (χ4v) is 2.47. The second-order valence-electron chi connectivity index (χ2n) is 6.88. The van der Waals surface area contributed by atoms with Crippen LogP contribution in [0.25, 0.3) is 0 Å². The summed E-state index contributed by atoms with van der Waals surface area (Å²) in [4.78, 5) is 35.4. The molecule has 2 rings (SSSR count). The molecule has 3 N–H and O–H groups in total. The number of ether oxygens (including phenoxy) is 1. The van der Waals surface area contributed by atoms with Crippen LogP contribution in [0.4, 0.5) is 0 Å². The molecule has 0 unspecified atom stereocenters. The van der Waals surface area contributed by atoms with Crippen LogP contribution >= 0.6 is 0 Å². The number of nitrogens with zero attached hydrogens (tertiary/aromatic N) is 1. The van der Waals surface area contributed by atoms with Gasteiger partial charge in [-0.05, 0) is 56.2 Å². The van der Waals surface area contributed by atoms with E-state index in [2.05, 4.69) is 21.2 Å². The molecule has 0 aliphatic rings. The number of carbonyl (C=O) groups is 3. The Morgan fingerprint density at radius 3 is 2.23 bits per heavy atom. The number of benzene rings is 2. The van der Waals surface area contributed by atoms with E-state index in [4.69, 9.17) is 4.74 Å². The third-order valence-corrected chi connectivity index (χ3v) is 3.93. The molecule has 30 heavy (non-hydrogen) atoms. The van der Waals surface area contributed by atoms with Gasteiger partial charge in [-0.25, -0.2) is 5.43 Å². The average molecular weight is 410 g/mol. The lowest BCUT2D eigenvalue weighted by Gasteiger charge is -2.13. The van der Waals surface area contributed by atoms with E-state index in [1.54, 1.807) is 31.2 Å². The smallest absolute Gasteiger partial charge is 0.329 e. The molecular formula is C22H26N4O4. The monoisotopic (exact) mass is 410 g/mol. The Morgan fingerprint density at radius 2 is 1.60 bits per heavy atom. The molecule has 0 aliphatic carbocycles. The zero-order chi connectivity index (χ0) is 21.9. The summed E-state index contributed by atoms with van der Waals surface area (Å²) in [6.07, 6.45) is 1.40. The van der Waals surface area contributed by atoms with Crippen LogP contribution in [0.1, 0.15) is 37.9 Å². The average Bonchev–Trinajstić information content (AvgIpc) is 2.73. The first-order valence-corrected chi connectivity index (χ1v) is 9.56. The molecule has 158 valence electrons. The molecule has 0 spiro atoms. The third kappa shape index (κ3) is 7.75. The van der Waals surface area contributed by atoms with Crippen molar-refractivity contribution in [2.24, 2.45) is 5.10 Å². The fraction of sp³-hybridized carbons (Fsp3) is 0.273. The number of amides is 3. The van der Waals surface area contributed by atoms with Crippen LogP contribution in [0.3, 0.4) is 0 Å². The Balaban J connectivity index is 1.78. The van der Waals surface area contributed by atoms with Crippen LogP contribution in [0.2, 0.25) is 0 Å². The summed E-state index contributed by atoms with van der Waals surface area (Å²) in [5.41, 5.74) is 3.78. The Bertz CT molecular complexity index is 880. The van der Waals surface area contributed by atoms with E-state index < -0.39 is 11.8 Å². The minimum atomic E-state index is -0.856. The quantitative estimate of drug-likeness (QED) is 0.351. The van der Waals surface area contributed by atoms with Gasteiger partial charge in [-0.1, -0.05) is 30.3 Å². The van der Waals surface area contributed by atoms with E-state index in [0.717, 1.165) is 5.56 Å². The molecule has 2 aromatic carbocycles. The van der Waals surface area contributed by atoms with Gasteiger partial charge in [0.1, 0.15) is 5.75 Å². The minimum Gasteiger partial charge on any atom is -0.484 e. The number of hydrogen-bond acceptors (Lipinski definition) is 5. The number of rotatable bonds is 8. The van der Waals surface area contributed by atoms with Crippen molar-refractivity contribution in [2.45, 2.75) is 32.9 Å². The van der Waals surface area contributed by atoms with Gasteiger partial charge in [0.05, 0.1) is 12.3 Å². The lowest BCUT2D eigenvalue weighted by Crippen LogP contribution is -2.39. The number of nitrogens with one attached hydrogen (secondary N) is 3. The van der Waals surface area contributed by atoms with Gasteiger partial charge in [0.15, 0.2) is 6.61 Å². The second kappa shape index (κ2) is 11.4. The summed E-state index contributed by atoms with van der Waals surface area (Å²) >= 11 is 0. The highest BCUT2D eigenvalue weighted by Gasteiger charge is 2.16. The van der Waals surface area contributed by atoms with Crippen molar-refractivity contribution in [1.82, 2.24) is 16.1 Å². The van der Waals surface area contributed by atoms with Gasteiger partial charge in [0.25, 0.3) is 5.91 Å². The highest BCUT2D eigenvalue weighted by atomic mass is 16.5. The molecular weight excluding hydrogens is 384 g/mol. The Hall–Kier alpha value is -3.68. The van der Waals surface area contributed by atoms with Crippen LogP contribution in [0.5, 0.6) is 5.75 Å². The van der Waals surface area contributed by atoms with Crippen molar-refractivity contribution >= 4 is 23.9 Å². The number of carbonyl (C=O) groups excluding carboxylic acids is 3. The van der Waals surface area contributed by atoms with Gasteiger partial charge < -0.3 is 15.4 Å². The lowest BCUT2D eigenvalue weighted by molar-refractivity contribution is -0.139. The molecule has 8 heteroatoms. The largest absolute Gasteiger partial charge is 0.484 e. The SMILES string of the molecule is CC(C)NC(=O)COc1ccc(/C=N\NC(=O)C(=O)N[C@H](C)c2ccccc2)cc1. The van der Waals surface area contributed by atoms with E-state index in [1.165, 1.54) is 6.21 Å². The van der Waals surface area contributed by atoms with Crippen LogP contribution in [0, 0.1) is 0 Å². The topological polar surface area (TPSA) is 109 Å². The summed E-state index contributed by atoms with van der Waals surface area (Å²) in [6, 6.07) is 15.9. The van der Waals surface area contributed by atoms with Crippen LogP contribution in [-0.2, 0) is 14.4 Å². The predicted molar refractivity (Wildman–Crippen MR) is 114 cm³/mol. The van der Waals surface area contributed by atoms with Gasteiger partial charge in [-0.3, -0.25) is 14.4 Å². The molecule has 0 aromatic heterocycles. The van der Waals surface area contributed by atoms with Gasteiger partial charge >= 0.3 is 11.8 Å². The van der Waals surface area contributed by atoms with Crippen molar-refractivity contribution < 1.29 is 19.1 Å². The summed E-state index contributed by atoms with van der Waals surface area (Å²) < 4.78 is 5.39. The summed E-state index contributed by atoms with van der Waals surface area (Å²) in [6.45, 7) is 5.47. The molecule has 0 saturated heterocycles. The molecule has 0 heterocycles. The maximum Gasteiger partial charge on any atom is 0.329 e.